The molecule has 0 unspecified atom stereocenters. The molecule has 0 aliphatic carbocycles. The second-order valence-electron chi connectivity index (χ2n) is 13.2. The molecule has 0 aromatic rings. The van der Waals surface area contributed by atoms with Gasteiger partial charge in [-0.15, -0.1) is 0 Å². The maximum Gasteiger partial charge on any atom is 0.469 e. The minimum absolute atomic E-state index is 0.183. The average Bonchev–Trinajstić information content (AvgIpc) is 3.05. The minimum atomic E-state index is -4.76. The standard InChI is InChI=1S/C39H73O8P/c1-3-5-7-9-11-13-15-17-19-21-23-25-27-29-31-33-38(40)45-35-37(36-46-48(42,43)44)47-39(41)34-32-30-28-26-24-22-20-18-16-14-12-10-8-6-4-2/h22,24,27,29,37H,3-21,23,25-26,28,30-36H2,1-2H3,(H2,42,43,44)/b24-22+,29-27+/t37-/m1/s1. The topological polar surface area (TPSA) is 119 Å². The van der Waals surface area contributed by atoms with Gasteiger partial charge in [-0.05, 0) is 51.4 Å². The van der Waals surface area contributed by atoms with Crippen molar-refractivity contribution in [3.8, 4) is 0 Å². The molecule has 282 valence electrons. The Morgan fingerprint density at radius 2 is 0.917 bits per heavy atom. The van der Waals surface area contributed by atoms with Gasteiger partial charge in [0.15, 0.2) is 6.10 Å². The molecule has 0 aliphatic rings. The van der Waals surface area contributed by atoms with E-state index < -0.39 is 32.5 Å². The lowest BCUT2D eigenvalue weighted by atomic mass is 10.1. The number of hydrogen-bond donors (Lipinski definition) is 2. The van der Waals surface area contributed by atoms with Crippen LogP contribution in [0.5, 0.6) is 0 Å². The quantitative estimate of drug-likeness (QED) is 0.0287. The Labute approximate surface area is 294 Å². The normalized spacial score (nSPS) is 12.7. The summed E-state index contributed by atoms with van der Waals surface area (Å²) in [5.74, 6) is -0.956. The van der Waals surface area contributed by atoms with Crippen LogP contribution in [0.1, 0.15) is 194 Å². The van der Waals surface area contributed by atoms with Crippen LogP contribution in [0.4, 0.5) is 0 Å². The predicted octanol–water partition coefficient (Wildman–Crippen LogP) is 11.6. The fourth-order valence-corrected chi connectivity index (χ4v) is 5.86. The van der Waals surface area contributed by atoms with Crippen LogP contribution in [0.15, 0.2) is 24.3 Å². The number of phosphoric acid groups is 1. The van der Waals surface area contributed by atoms with Crippen LogP contribution < -0.4 is 0 Å². The van der Waals surface area contributed by atoms with Gasteiger partial charge < -0.3 is 19.3 Å². The molecule has 0 saturated carbocycles. The fourth-order valence-electron chi connectivity index (χ4n) is 5.50. The summed E-state index contributed by atoms with van der Waals surface area (Å²) >= 11 is 0. The van der Waals surface area contributed by atoms with Crippen molar-refractivity contribution in [1.29, 1.82) is 0 Å². The molecule has 0 spiro atoms. The second-order valence-corrected chi connectivity index (χ2v) is 14.5. The Morgan fingerprint density at radius 3 is 1.35 bits per heavy atom. The van der Waals surface area contributed by atoms with E-state index in [-0.39, 0.29) is 19.4 Å². The van der Waals surface area contributed by atoms with Gasteiger partial charge in [0.2, 0.25) is 0 Å². The van der Waals surface area contributed by atoms with Crippen molar-refractivity contribution >= 4 is 19.8 Å². The largest absolute Gasteiger partial charge is 0.469 e. The van der Waals surface area contributed by atoms with Crippen LogP contribution >= 0.6 is 7.82 Å². The van der Waals surface area contributed by atoms with Gasteiger partial charge in [0, 0.05) is 12.8 Å². The number of phosphoric ester groups is 1. The molecule has 0 saturated heterocycles. The molecule has 0 aromatic carbocycles. The average molecular weight is 701 g/mol. The Balaban J connectivity index is 4.00. The highest BCUT2D eigenvalue weighted by Crippen LogP contribution is 2.36. The van der Waals surface area contributed by atoms with Gasteiger partial charge in [0.05, 0.1) is 6.61 Å². The summed E-state index contributed by atoms with van der Waals surface area (Å²) in [7, 11) is -4.76. The first-order valence-corrected chi connectivity index (χ1v) is 21.2. The Hall–Kier alpha value is -1.47. The molecule has 0 fully saturated rings. The van der Waals surface area contributed by atoms with E-state index in [4.69, 9.17) is 19.3 Å². The minimum Gasteiger partial charge on any atom is -0.462 e. The molecule has 0 bridgehead atoms. The van der Waals surface area contributed by atoms with Crippen molar-refractivity contribution in [3.63, 3.8) is 0 Å². The molecule has 2 N–H and O–H groups in total. The smallest absolute Gasteiger partial charge is 0.462 e. The summed E-state index contributed by atoms with van der Waals surface area (Å²) < 4.78 is 26.3. The zero-order chi connectivity index (χ0) is 35.4. The highest BCUT2D eigenvalue weighted by molar-refractivity contribution is 7.46. The number of ether oxygens (including phenoxy) is 2. The summed E-state index contributed by atoms with van der Waals surface area (Å²) in [6.07, 6.45) is 39.1. The molecule has 0 heterocycles. The summed E-state index contributed by atoms with van der Waals surface area (Å²) in [6.45, 7) is 3.64. The summed E-state index contributed by atoms with van der Waals surface area (Å²) in [5, 5.41) is 0. The van der Waals surface area contributed by atoms with Gasteiger partial charge in [0.1, 0.15) is 6.61 Å². The molecule has 9 heteroatoms. The third kappa shape index (κ3) is 37.4. The number of carbonyl (C=O) groups excluding carboxylic acids is 2. The first-order chi connectivity index (χ1) is 23.3. The highest BCUT2D eigenvalue weighted by atomic mass is 31.2. The van der Waals surface area contributed by atoms with E-state index in [1.165, 1.54) is 116 Å². The molecular formula is C39H73O8P. The number of rotatable bonds is 36. The van der Waals surface area contributed by atoms with Gasteiger partial charge >= 0.3 is 19.8 Å². The molecule has 8 nitrogen and oxygen atoms in total. The number of allylic oxidation sites excluding steroid dienone is 4. The van der Waals surface area contributed by atoms with Crippen molar-refractivity contribution in [1.82, 2.24) is 0 Å². The Morgan fingerprint density at radius 1 is 0.521 bits per heavy atom. The monoisotopic (exact) mass is 701 g/mol. The molecule has 0 rings (SSSR count). The maximum atomic E-state index is 12.3. The van der Waals surface area contributed by atoms with Gasteiger partial charge in [0.25, 0.3) is 0 Å². The van der Waals surface area contributed by atoms with Crippen LogP contribution in [0.2, 0.25) is 0 Å². The fraction of sp³-hybridized carbons (Fsp3) is 0.846. The first-order valence-electron chi connectivity index (χ1n) is 19.6. The SMILES string of the molecule is CCCCCCCCCC/C=C/CCCCCC(=O)O[C@H](COC(=O)CC/C=C/CCCCCCCCCCCCC)COP(=O)(O)O. The molecule has 0 aromatic heterocycles. The van der Waals surface area contributed by atoms with E-state index >= 15 is 0 Å². The van der Waals surface area contributed by atoms with Crippen molar-refractivity contribution in [2.24, 2.45) is 0 Å². The third-order valence-corrected chi connectivity index (χ3v) is 8.94. The lowest BCUT2D eigenvalue weighted by molar-refractivity contribution is -0.161. The summed E-state index contributed by atoms with van der Waals surface area (Å²) in [6, 6.07) is 0. The molecule has 0 radical (unpaired) electrons. The molecule has 1 atom stereocenters. The predicted molar refractivity (Wildman–Crippen MR) is 198 cm³/mol. The maximum absolute atomic E-state index is 12.3. The number of carbonyl (C=O) groups is 2. The van der Waals surface area contributed by atoms with Crippen LogP contribution in [0.3, 0.4) is 0 Å². The van der Waals surface area contributed by atoms with Crippen molar-refractivity contribution in [2.45, 2.75) is 200 Å². The molecule has 0 amide bonds. The Bertz CT molecular complexity index is 838. The van der Waals surface area contributed by atoms with Crippen LogP contribution in [-0.4, -0.2) is 41.0 Å². The van der Waals surface area contributed by atoms with Crippen molar-refractivity contribution in [3.05, 3.63) is 24.3 Å². The molecule has 0 aliphatic heterocycles. The van der Waals surface area contributed by atoms with Gasteiger partial charge in [-0.2, -0.15) is 0 Å². The first kappa shape index (κ1) is 46.5. The summed E-state index contributed by atoms with van der Waals surface area (Å²) in [5.41, 5.74) is 0. The van der Waals surface area contributed by atoms with Crippen molar-refractivity contribution in [2.75, 3.05) is 13.2 Å². The molecular weight excluding hydrogens is 627 g/mol. The number of esters is 2. The number of unbranched alkanes of at least 4 members (excludes halogenated alkanes) is 22. The van der Waals surface area contributed by atoms with Crippen LogP contribution in [-0.2, 0) is 28.2 Å². The van der Waals surface area contributed by atoms with E-state index in [2.05, 4.69) is 36.6 Å². The van der Waals surface area contributed by atoms with Gasteiger partial charge in [-0.1, -0.05) is 154 Å². The van der Waals surface area contributed by atoms with E-state index in [1.807, 2.05) is 6.08 Å². The van der Waals surface area contributed by atoms with E-state index in [0.29, 0.717) is 12.8 Å². The second kappa shape index (κ2) is 35.4. The Kier molecular flexibility index (Phi) is 34.3. The van der Waals surface area contributed by atoms with Crippen molar-refractivity contribution < 1.29 is 37.9 Å². The van der Waals surface area contributed by atoms with Gasteiger partial charge in [-0.3, -0.25) is 14.1 Å². The van der Waals surface area contributed by atoms with E-state index in [0.717, 1.165) is 38.5 Å². The molecule has 48 heavy (non-hydrogen) atoms. The van der Waals surface area contributed by atoms with E-state index in [1.54, 1.807) is 0 Å². The lowest BCUT2D eigenvalue weighted by Crippen LogP contribution is -2.29. The number of hydrogen-bond acceptors (Lipinski definition) is 6. The summed E-state index contributed by atoms with van der Waals surface area (Å²) in [4.78, 5) is 42.7. The van der Waals surface area contributed by atoms with E-state index in [9.17, 15) is 14.2 Å². The van der Waals surface area contributed by atoms with Gasteiger partial charge in [-0.25, -0.2) is 4.57 Å². The zero-order valence-corrected chi connectivity index (χ0v) is 31.8. The lowest BCUT2D eigenvalue weighted by Gasteiger charge is -2.18. The third-order valence-electron chi connectivity index (χ3n) is 8.46. The van der Waals surface area contributed by atoms with Crippen LogP contribution in [0.25, 0.3) is 0 Å². The highest BCUT2D eigenvalue weighted by Gasteiger charge is 2.22. The van der Waals surface area contributed by atoms with Crippen LogP contribution in [0, 0.1) is 0 Å². The zero-order valence-electron chi connectivity index (χ0n) is 30.9.